The third kappa shape index (κ3) is 3.16. The van der Waals surface area contributed by atoms with Crippen LogP contribution in [0.15, 0.2) is 15.9 Å². The van der Waals surface area contributed by atoms with Crippen molar-refractivity contribution in [2.45, 2.75) is 50.7 Å². The Morgan fingerprint density at radius 3 is 2.67 bits per heavy atom. The normalized spacial score (nSPS) is 30.3. The van der Waals surface area contributed by atoms with Crippen LogP contribution in [0.3, 0.4) is 0 Å². The Kier molecular flexibility index (Phi) is 4.86. The summed E-state index contributed by atoms with van der Waals surface area (Å²) in [5.41, 5.74) is 6.34. The van der Waals surface area contributed by atoms with Crippen LogP contribution in [0.25, 0.3) is 0 Å². The van der Waals surface area contributed by atoms with Crippen molar-refractivity contribution in [2.75, 3.05) is 7.11 Å². The molecule has 1 aromatic heterocycles. The molecule has 1 aliphatic rings. The Hall–Kier alpha value is 0.1000. The van der Waals surface area contributed by atoms with Crippen LogP contribution in [0.2, 0.25) is 0 Å². The first-order chi connectivity index (χ1) is 8.55. The second-order valence-corrected chi connectivity index (χ2v) is 8.02. The summed E-state index contributed by atoms with van der Waals surface area (Å²) in [4.78, 5) is 1.34. The van der Waals surface area contributed by atoms with Gasteiger partial charge in [0.25, 0.3) is 0 Å². The number of nitrogens with two attached hydrogens (primary N) is 1. The van der Waals surface area contributed by atoms with Gasteiger partial charge in [-0.2, -0.15) is 0 Å². The predicted molar refractivity (Wildman–Crippen MR) is 81.1 cm³/mol. The summed E-state index contributed by atoms with van der Waals surface area (Å²) in [7, 11) is 1.82. The van der Waals surface area contributed by atoms with E-state index in [0.717, 1.165) is 25.2 Å². The van der Waals surface area contributed by atoms with E-state index in [1.54, 1.807) is 11.3 Å². The minimum Gasteiger partial charge on any atom is -0.377 e. The van der Waals surface area contributed by atoms with Gasteiger partial charge >= 0.3 is 0 Å². The van der Waals surface area contributed by atoms with Gasteiger partial charge in [-0.05, 0) is 66.1 Å². The fourth-order valence-corrected chi connectivity index (χ4v) is 4.38. The molecule has 0 aliphatic heterocycles. The fraction of sp³-hybridized carbons (Fsp3) is 0.714. The van der Waals surface area contributed by atoms with Crippen LogP contribution in [-0.2, 0) is 11.2 Å². The van der Waals surface area contributed by atoms with E-state index in [9.17, 15) is 0 Å². The van der Waals surface area contributed by atoms with E-state index < -0.39 is 0 Å². The lowest BCUT2D eigenvalue weighted by molar-refractivity contribution is -0.0657. The average Bonchev–Trinajstić information content (AvgIpc) is 2.76. The highest BCUT2D eigenvalue weighted by Crippen LogP contribution is 2.37. The van der Waals surface area contributed by atoms with Crippen LogP contribution in [0.1, 0.15) is 37.5 Å². The predicted octanol–water partition coefficient (Wildman–Crippen LogP) is 3.98. The Balaban J connectivity index is 2.03. The Morgan fingerprint density at radius 1 is 1.50 bits per heavy atom. The molecule has 0 saturated heterocycles. The largest absolute Gasteiger partial charge is 0.377 e. The fourth-order valence-electron chi connectivity index (χ4n) is 2.84. The summed E-state index contributed by atoms with van der Waals surface area (Å²) in [6, 6.07) is 4.35. The van der Waals surface area contributed by atoms with Crippen molar-refractivity contribution in [3.63, 3.8) is 0 Å². The molecular weight excluding hydrogens is 310 g/mol. The molecule has 102 valence electrons. The first-order valence-corrected chi connectivity index (χ1v) is 8.21. The third-order valence-corrected chi connectivity index (χ3v) is 5.90. The lowest BCUT2D eigenvalue weighted by Crippen LogP contribution is -2.52. The molecule has 0 radical (unpaired) electrons. The molecule has 1 atom stereocenters. The lowest BCUT2D eigenvalue weighted by atomic mass is 9.74. The molecule has 2 N–H and O–H groups in total. The SMILES string of the molecule is COC1(C(N)Cc2ccc(Br)s2)CCC(C)CC1. The number of rotatable bonds is 4. The highest BCUT2D eigenvalue weighted by Gasteiger charge is 2.39. The maximum absolute atomic E-state index is 6.45. The van der Waals surface area contributed by atoms with Gasteiger partial charge in [0.15, 0.2) is 0 Å². The molecule has 0 amide bonds. The lowest BCUT2D eigenvalue weighted by Gasteiger charge is -2.42. The van der Waals surface area contributed by atoms with Crippen LogP contribution in [0.5, 0.6) is 0 Å². The zero-order valence-electron chi connectivity index (χ0n) is 11.1. The smallest absolute Gasteiger partial charge is 0.0832 e. The van der Waals surface area contributed by atoms with Crippen molar-refractivity contribution in [3.8, 4) is 0 Å². The van der Waals surface area contributed by atoms with Crippen molar-refractivity contribution >= 4 is 27.3 Å². The van der Waals surface area contributed by atoms with Crippen LogP contribution in [0, 0.1) is 5.92 Å². The molecule has 0 spiro atoms. The van der Waals surface area contributed by atoms with Crippen LogP contribution in [0.4, 0.5) is 0 Å². The molecule has 0 bridgehead atoms. The highest BCUT2D eigenvalue weighted by atomic mass is 79.9. The van der Waals surface area contributed by atoms with Crippen LogP contribution >= 0.6 is 27.3 Å². The molecule has 2 nitrogen and oxygen atoms in total. The van der Waals surface area contributed by atoms with Gasteiger partial charge in [0.1, 0.15) is 0 Å². The average molecular weight is 332 g/mol. The van der Waals surface area contributed by atoms with E-state index >= 15 is 0 Å². The summed E-state index contributed by atoms with van der Waals surface area (Å²) in [6.07, 6.45) is 5.57. The van der Waals surface area contributed by atoms with Gasteiger partial charge < -0.3 is 10.5 Å². The van der Waals surface area contributed by atoms with Crippen LogP contribution in [-0.4, -0.2) is 18.8 Å². The Morgan fingerprint density at radius 2 is 2.17 bits per heavy atom. The van der Waals surface area contributed by atoms with Crippen molar-refractivity contribution in [1.82, 2.24) is 0 Å². The summed E-state index contributed by atoms with van der Waals surface area (Å²) in [6.45, 7) is 2.32. The zero-order valence-corrected chi connectivity index (χ0v) is 13.5. The first kappa shape index (κ1) is 14.5. The molecule has 1 fully saturated rings. The Bertz CT molecular complexity index is 385. The second kappa shape index (κ2) is 6.04. The molecule has 1 saturated carbocycles. The van der Waals surface area contributed by atoms with E-state index in [1.165, 1.54) is 21.5 Å². The summed E-state index contributed by atoms with van der Waals surface area (Å²) in [5.74, 6) is 0.816. The van der Waals surface area contributed by atoms with E-state index in [-0.39, 0.29) is 11.6 Å². The first-order valence-electron chi connectivity index (χ1n) is 6.61. The quantitative estimate of drug-likeness (QED) is 0.905. The van der Waals surface area contributed by atoms with Crippen molar-refractivity contribution in [3.05, 3.63) is 20.8 Å². The van der Waals surface area contributed by atoms with Crippen molar-refractivity contribution in [2.24, 2.45) is 11.7 Å². The molecule has 1 heterocycles. The summed E-state index contributed by atoms with van der Waals surface area (Å²) >= 11 is 5.27. The van der Waals surface area contributed by atoms with E-state index in [4.69, 9.17) is 10.5 Å². The molecule has 1 unspecified atom stereocenters. The van der Waals surface area contributed by atoms with Crippen LogP contribution < -0.4 is 5.73 Å². The standard InChI is InChI=1S/C14H22BrNOS/c1-10-5-7-14(17-2,8-6-10)12(16)9-11-3-4-13(15)18-11/h3-4,10,12H,5-9,16H2,1-2H3. The topological polar surface area (TPSA) is 35.2 Å². The van der Waals surface area contributed by atoms with Gasteiger partial charge in [-0.1, -0.05) is 6.92 Å². The Labute approximate surface area is 122 Å². The highest BCUT2D eigenvalue weighted by molar-refractivity contribution is 9.11. The molecule has 1 aliphatic carbocycles. The second-order valence-electron chi connectivity index (χ2n) is 5.47. The number of methoxy groups -OCH3 is 1. The van der Waals surface area contributed by atoms with E-state index in [2.05, 4.69) is 35.0 Å². The van der Waals surface area contributed by atoms with E-state index in [1.807, 2.05) is 7.11 Å². The van der Waals surface area contributed by atoms with Crippen molar-refractivity contribution < 1.29 is 4.74 Å². The molecule has 0 aromatic carbocycles. The maximum atomic E-state index is 6.45. The number of hydrogen-bond acceptors (Lipinski definition) is 3. The van der Waals surface area contributed by atoms with Crippen molar-refractivity contribution in [1.29, 1.82) is 0 Å². The number of ether oxygens (including phenoxy) is 1. The minimum atomic E-state index is -0.108. The van der Waals surface area contributed by atoms with E-state index in [0.29, 0.717) is 0 Å². The number of thiophene rings is 1. The number of halogens is 1. The monoisotopic (exact) mass is 331 g/mol. The molecule has 18 heavy (non-hydrogen) atoms. The van der Waals surface area contributed by atoms with Gasteiger partial charge in [-0.25, -0.2) is 0 Å². The molecule has 4 heteroatoms. The molecular formula is C14H22BrNOS. The summed E-state index contributed by atoms with van der Waals surface area (Å²) in [5, 5.41) is 0. The zero-order chi connectivity index (χ0) is 13.2. The number of hydrogen-bond donors (Lipinski definition) is 1. The van der Waals surface area contributed by atoms with Gasteiger partial charge in [-0.3, -0.25) is 0 Å². The van der Waals surface area contributed by atoms with Gasteiger partial charge in [-0.15, -0.1) is 11.3 Å². The van der Waals surface area contributed by atoms with Gasteiger partial charge in [0.2, 0.25) is 0 Å². The summed E-state index contributed by atoms with van der Waals surface area (Å²) < 4.78 is 7.01. The maximum Gasteiger partial charge on any atom is 0.0832 e. The minimum absolute atomic E-state index is 0.0977. The molecule has 1 aromatic rings. The molecule has 2 rings (SSSR count). The van der Waals surface area contributed by atoms with Gasteiger partial charge in [0, 0.05) is 18.0 Å². The van der Waals surface area contributed by atoms with Gasteiger partial charge in [0.05, 0.1) is 9.39 Å². The third-order valence-electron chi connectivity index (χ3n) is 4.25.